The lowest BCUT2D eigenvalue weighted by Crippen LogP contribution is -2.39. The highest BCUT2D eigenvalue weighted by atomic mass is 19.1. The number of amides is 1. The molecule has 1 aromatic rings. The van der Waals surface area contributed by atoms with E-state index < -0.39 is 17.8 Å². The predicted octanol–water partition coefficient (Wildman–Crippen LogP) is 2.89. The van der Waals surface area contributed by atoms with Crippen LogP contribution >= 0.6 is 0 Å². The molecule has 118 valence electrons. The Bertz CT molecular complexity index is 607. The Morgan fingerprint density at radius 2 is 1.68 bits per heavy atom. The molecule has 0 aliphatic heterocycles. The number of halogens is 1. The van der Waals surface area contributed by atoms with E-state index in [1.165, 1.54) is 12.1 Å². The molecule has 1 aliphatic rings. The first-order chi connectivity index (χ1) is 10.4. The van der Waals surface area contributed by atoms with Gasteiger partial charge in [-0.05, 0) is 44.4 Å². The summed E-state index contributed by atoms with van der Waals surface area (Å²) in [6.45, 7) is 4.12. The number of carboxylic acids is 1. The molecule has 0 spiro atoms. The van der Waals surface area contributed by atoms with E-state index in [-0.39, 0.29) is 18.3 Å². The molecule has 1 amide bonds. The van der Waals surface area contributed by atoms with Crippen LogP contribution in [0.25, 0.3) is 0 Å². The van der Waals surface area contributed by atoms with E-state index in [4.69, 9.17) is 0 Å². The van der Waals surface area contributed by atoms with Gasteiger partial charge in [0.1, 0.15) is 5.82 Å². The number of benzene rings is 1. The van der Waals surface area contributed by atoms with Gasteiger partial charge < -0.3 is 10.4 Å². The standard InChI is InChI=1S/C17H20FNO3/c1-10-7-14(15(17(21)22)8-11(10)2)16(20)19-9-12-3-5-13(18)6-4-12/h3-6,14-15H,7-9H2,1-2H3,(H,19,20)(H,21,22)/t14-,15-/m0/s1. The summed E-state index contributed by atoms with van der Waals surface area (Å²) in [5.41, 5.74) is 2.91. The predicted molar refractivity (Wildman–Crippen MR) is 80.5 cm³/mol. The number of rotatable bonds is 4. The van der Waals surface area contributed by atoms with Gasteiger partial charge in [0.05, 0.1) is 11.8 Å². The molecule has 0 radical (unpaired) electrons. The third-order valence-electron chi connectivity index (χ3n) is 4.30. The molecule has 0 bridgehead atoms. The molecule has 0 saturated heterocycles. The molecular weight excluding hydrogens is 285 g/mol. The van der Waals surface area contributed by atoms with E-state index >= 15 is 0 Å². The molecule has 2 N–H and O–H groups in total. The van der Waals surface area contributed by atoms with Crippen LogP contribution in [-0.2, 0) is 16.1 Å². The van der Waals surface area contributed by atoms with Crippen molar-refractivity contribution >= 4 is 11.9 Å². The van der Waals surface area contributed by atoms with E-state index in [2.05, 4.69) is 5.32 Å². The van der Waals surface area contributed by atoms with Gasteiger partial charge in [0.25, 0.3) is 0 Å². The lowest BCUT2D eigenvalue weighted by molar-refractivity contribution is -0.147. The number of carbonyl (C=O) groups excluding carboxylic acids is 1. The summed E-state index contributed by atoms with van der Waals surface area (Å²) >= 11 is 0. The van der Waals surface area contributed by atoms with Crippen molar-refractivity contribution in [3.8, 4) is 0 Å². The summed E-state index contributed by atoms with van der Waals surface area (Å²) in [5.74, 6) is -2.76. The van der Waals surface area contributed by atoms with Gasteiger partial charge in [0.15, 0.2) is 0 Å². The maximum Gasteiger partial charge on any atom is 0.307 e. The molecule has 22 heavy (non-hydrogen) atoms. The Balaban J connectivity index is 2.04. The first-order valence-electron chi connectivity index (χ1n) is 7.28. The molecule has 0 saturated carbocycles. The molecule has 5 heteroatoms. The van der Waals surface area contributed by atoms with Crippen LogP contribution in [0, 0.1) is 17.7 Å². The number of carboxylic acid groups (broad SMARTS) is 1. The maximum absolute atomic E-state index is 12.8. The second-order valence-corrected chi connectivity index (χ2v) is 5.86. The Labute approximate surface area is 129 Å². The van der Waals surface area contributed by atoms with Gasteiger partial charge in [0, 0.05) is 6.54 Å². The van der Waals surface area contributed by atoms with Crippen LogP contribution in [0.1, 0.15) is 32.3 Å². The number of aliphatic carboxylic acids is 1. The third-order valence-corrected chi connectivity index (χ3v) is 4.30. The normalized spacial score (nSPS) is 21.6. The zero-order valence-corrected chi connectivity index (χ0v) is 12.7. The molecule has 0 aromatic heterocycles. The lowest BCUT2D eigenvalue weighted by atomic mass is 9.76. The van der Waals surface area contributed by atoms with Crippen molar-refractivity contribution in [2.24, 2.45) is 11.8 Å². The van der Waals surface area contributed by atoms with Crippen molar-refractivity contribution < 1.29 is 19.1 Å². The van der Waals surface area contributed by atoms with Crippen LogP contribution in [-0.4, -0.2) is 17.0 Å². The van der Waals surface area contributed by atoms with Crippen LogP contribution in [0.5, 0.6) is 0 Å². The number of carbonyl (C=O) groups is 2. The Morgan fingerprint density at radius 3 is 2.23 bits per heavy atom. The highest BCUT2D eigenvalue weighted by Crippen LogP contribution is 2.34. The minimum atomic E-state index is -0.936. The smallest absolute Gasteiger partial charge is 0.307 e. The van der Waals surface area contributed by atoms with E-state index in [1.54, 1.807) is 12.1 Å². The SMILES string of the molecule is CC1=C(C)C[C@H](C(=O)NCc2ccc(F)cc2)[C@@H](C(=O)O)C1. The average molecular weight is 305 g/mol. The van der Waals surface area contributed by atoms with Gasteiger partial charge in [-0.1, -0.05) is 23.3 Å². The Kier molecular flexibility index (Phi) is 4.96. The highest BCUT2D eigenvalue weighted by Gasteiger charge is 2.37. The van der Waals surface area contributed by atoms with Crippen LogP contribution in [0.15, 0.2) is 35.4 Å². The quantitative estimate of drug-likeness (QED) is 0.841. The molecule has 0 fully saturated rings. The van der Waals surface area contributed by atoms with Gasteiger partial charge in [-0.3, -0.25) is 9.59 Å². The first-order valence-corrected chi connectivity index (χ1v) is 7.28. The van der Waals surface area contributed by atoms with Crippen LogP contribution < -0.4 is 5.32 Å². The third kappa shape index (κ3) is 3.72. The zero-order chi connectivity index (χ0) is 16.3. The van der Waals surface area contributed by atoms with Gasteiger partial charge >= 0.3 is 5.97 Å². The van der Waals surface area contributed by atoms with Crippen molar-refractivity contribution in [3.05, 3.63) is 46.8 Å². The van der Waals surface area contributed by atoms with Gasteiger partial charge in [-0.15, -0.1) is 0 Å². The van der Waals surface area contributed by atoms with Gasteiger partial charge in [-0.2, -0.15) is 0 Å². The summed E-state index contributed by atoms with van der Waals surface area (Å²) in [7, 11) is 0. The minimum Gasteiger partial charge on any atom is -0.481 e. The number of allylic oxidation sites excluding steroid dienone is 2. The topological polar surface area (TPSA) is 66.4 Å². The Morgan fingerprint density at radius 1 is 1.14 bits per heavy atom. The summed E-state index contributed by atoms with van der Waals surface area (Å²) in [5, 5.41) is 12.1. The minimum absolute atomic E-state index is 0.261. The van der Waals surface area contributed by atoms with Crippen molar-refractivity contribution in [3.63, 3.8) is 0 Å². The van der Waals surface area contributed by atoms with Crippen LogP contribution in [0.3, 0.4) is 0 Å². The maximum atomic E-state index is 12.8. The summed E-state index contributed by atoms with van der Waals surface area (Å²) in [6, 6.07) is 5.86. The average Bonchev–Trinajstić information content (AvgIpc) is 2.48. The van der Waals surface area contributed by atoms with Crippen LogP contribution in [0.2, 0.25) is 0 Å². The molecule has 1 aromatic carbocycles. The van der Waals surface area contributed by atoms with E-state index in [0.29, 0.717) is 12.8 Å². The fourth-order valence-electron chi connectivity index (χ4n) is 2.75. The fraction of sp³-hybridized carbons (Fsp3) is 0.412. The van der Waals surface area contributed by atoms with Crippen LogP contribution in [0.4, 0.5) is 4.39 Å². The van der Waals surface area contributed by atoms with Gasteiger partial charge in [-0.25, -0.2) is 4.39 Å². The molecule has 0 unspecified atom stereocenters. The van der Waals surface area contributed by atoms with Crippen molar-refractivity contribution in [1.82, 2.24) is 5.32 Å². The van der Waals surface area contributed by atoms with Crippen molar-refractivity contribution in [2.75, 3.05) is 0 Å². The molecular formula is C17H20FNO3. The van der Waals surface area contributed by atoms with Gasteiger partial charge in [0.2, 0.25) is 5.91 Å². The number of nitrogens with one attached hydrogen (secondary N) is 1. The van der Waals surface area contributed by atoms with Crippen molar-refractivity contribution in [1.29, 1.82) is 0 Å². The monoisotopic (exact) mass is 305 g/mol. The molecule has 2 atom stereocenters. The fourth-order valence-corrected chi connectivity index (χ4v) is 2.75. The summed E-state index contributed by atoms with van der Waals surface area (Å²) in [4.78, 5) is 23.7. The zero-order valence-electron chi connectivity index (χ0n) is 12.7. The molecule has 4 nitrogen and oxygen atoms in total. The van der Waals surface area contributed by atoms with E-state index in [9.17, 15) is 19.1 Å². The second-order valence-electron chi connectivity index (χ2n) is 5.86. The van der Waals surface area contributed by atoms with Crippen molar-refractivity contribution in [2.45, 2.75) is 33.2 Å². The van der Waals surface area contributed by atoms with E-state index in [1.807, 2.05) is 13.8 Å². The highest BCUT2D eigenvalue weighted by molar-refractivity contribution is 5.85. The molecule has 1 aliphatic carbocycles. The van der Waals surface area contributed by atoms with E-state index in [0.717, 1.165) is 16.7 Å². The molecule has 0 heterocycles. The molecule has 2 rings (SSSR count). The first kappa shape index (κ1) is 16.2. The number of hydrogen-bond acceptors (Lipinski definition) is 2. The summed E-state index contributed by atoms with van der Waals surface area (Å²) in [6.07, 6.45) is 0.883. The lowest BCUT2D eigenvalue weighted by Gasteiger charge is -2.29. The largest absolute Gasteiger partial charge is 0.481 e. The summed E-state index contributed by atoms with van der Waals surface area (Å²) < 4.78 is 12.8. The number of hydrogen-bond donors (Lipinski definition) is 2. The Hall–Kier alpha value is -2.17. The second kappa shape index (κ2) is 6.73.